The first kappa shape index (κ1) is 15.3. The lowest BCUT2D eigenvalue weighted by Gasteiger charge is -2.06. The summed E-state index contributed by atoms with van der Waals surface area (Å²) in [7, 11) is 1.53. The predicted octanol–water partition coefficient (Wildman–Crippen LogP) is 1.27. The van der Waals surface area contributed by atoms with E-state index in [2.05, 4.69) is 15.5 Å². The molecule has 2 heterocycles. The van der Waals surface area contributed by atoms with Crippen LogP contribution < -0.4 is 0 Å². The second kappa shape index (κ2) is 6.28. The summed E-state index contributed by atoms with van der Waals surface area (Å²) in [5.74, 6) is -0.369. The number of hydrogen-bond acceptors (Lipinski definition) is 7. The van der Waals surface area contributed by atoms with Gasteiger partial charge in [0.2, 0.25) is 0 Å². The zero-order valence-corrected chi connectivity index (χ0v) is 12.6. The Hall–Kier alpha value is -3.56. The van der Waals surface area contributed by atoms with E-state index in [0.29, 0.717) is 5.82 Å². The van der Waals surface area contributed by atoms with Gasteiger partial charge in [-0.1, -0.05) is 18.2 Å². The van der Waals surface area contributed by atoms with Crippen LogP contribution in [0.15, 0.2) is 42.6 Å². The maximum atomic E-state index is 12.1. The van der Waals surface area contributed by atoms with Crippen LogP contribution in [0, 0.1) is 10.1 Å². The van der Waals surface area contributed by atoms with Gasteiger partial charge in [-0.05, 0) is 22.6 Å². The molecule has 1 aromatic carbocycles. The maximum Gasteiger partial charge on any atom is 0.355 e. The standard InChI is InChI=1S/C14H12N6O4/c1-18-8-11(20(22)23)7-12(18)14(21)24-9-13-15-16-17-19(13)10-5-3-2-4-6-10/h2-8H,9H2,1H3. The van der Waals surface area contributed by atoms with Gasteiger partial charge in [-0.25, -0.2) is 4.79 Å². The van der Waals surface area contributed by atoms with E-state index in [9.17, 15) is 14.9 Å². The number of nitro groups is 1. The first-order chi connectivity index (χ1) is 11.6. The summed E-state index contributed by atoms with van der Waals surface area (Å²) in [5.41, 5.74) is 0.613. The number of para-hydroxylation sites is 1. The zero-order chi connectivity index (χ0) is 17.1. The van der Waals surface area contributed by atoms with Crippen LogP contribution in [0.2, 0.25) is 0 Å². The van der Waals surface area contributed by atoms with Gasteiger partial charge in [0.15, 0.2) is 12.4 Å². The van der Waals surface area contributed by atoms with Gasteiger partial charge in [-0.15, -0.1) is 5.10 Å². The van der Waals surface area contributed by atoms with Crippen LogP contribution in [0.4, 0.5) is 5.69 Å². The molecule has 10 heteroatoms. The lowest BCUT2D eigenvalue weighted by molar-refractivity contribution is -0.384. The summed E-state index contributed by atoms with van der Waals surface area (Å²) in [5, 5.41) is 22.0. The molecule has 0 fully saturated rings. The molecule has 0 aliphatic carbocycles. The third kappa shape index (κ3) is 2.97. The Kier molecular flexibility index (Phi) is 4.01. The normalized spacial score (nSPS) is 10.5. The summed E-state index contributed by atoms with van der Waals surface area (Å²) < 4.78 is 7.94. The Morgan fingerprint density at radius 1 is 1.33 bits per heavy atom. The lowest BCUT2D eigenvalue weighted by atomic mass is 10.3. The third-order valence-electron chi connectivity index (χ3n) is 3.28. The molecule has 0 saturated carbocycles. The number of esters is 1. The summed E-state index contributed by atoms with van der Waals surface area (Å²) in [4.78, 5) is 22.3. The van der Waals surface area contributed by atoms with Crippen molar-refractivity contribution in [2.45, 2.75) is 6.61 Å². The van der Waals surface area contributed by atoms with E-state index in [1.165, 1.54) is 22.5 Å². The molecule has 3 rings (SSSR count). The fraction of sp³-hybridized carbons (Fsp3) is 0.143. The predicted molar refractivity (Wildman–Crippen MR) is 80.3 cm³/mol. The highest BCUT2D eigenvalue weighted by Gasteiger charge is 2.20. The molecular formula is C14H12N6O4. The largest absolute Gasteiger partial charge is 0.453 e. The number of nitrogens with zero attached hydrogens (tertiary/aromatic N) is 6. The molecule has 0 amide bonds. The molecule has 0 atom stereocenters. The van der Waals surface area contributed by atoms with Crippen molar-refractivity contribution in [1.82, 2.24) is 24.8 Å². The minimum Gasteiger partial charge on any atom is -0.453 e. The molecular weight excluding hydrogens is 316 g/mol. The number of hydrogen-bond donors (Lipinski definition) is 0. The van der Waals surface area contributed by atoms with Crippen molar-refractivity contribution in [3.63, 3.8) is 0 Å². The number of carbonyl (C=O) groups is 1. The Labute approximate surface area is 135 Å². The van der Waals surface area contributed by atoms with Gasteiger partial charge in [0.1, 0.15) is 5.69 Å². The van der Waals surface area contributed by atoms with Crippen molar-refractivity contribution in [3.8, 4) is 5.69 Å². The molecule has 0 spiro atoms. The van der Waals surface area contributed by atoms with Crippen molar-refractivity contribution in [2.75, 3.05) is 0 Å². The van der Waals surface area contributed by atoms with Crippen LogP contribution in [0.1, 0.15) is 16.3 Å². The summed E-state index contributed by atoms with van der Waals surface area (Å²) in [6.07, 6.45) is 1.24. The van der Waals surface area contributed by atoms with Crippen LogP contribution in [0.5, 0.6) is 0 Å². The van der Waals surface area contributed by atoms with Crippen molar-refractivity contribution in [3.05, 3.63) is 64.2 Å². The van der Waals surface area contributed by atoms with Crippen LogP contribution in [-0.2, 0) is 18.4 Å². The SMILES string of the molecule is Cn1cc([N+](=O)[O-])cc1C(=O)OCc1nnnn1-c1ccccc1. The van der Waals surface area contributed by atoms with Crippen molar-refractivity contribution in [1.29, 1.82) is 0 Å². The smallest absolute Gasteiger partial charge is 0.355 e. The van der Waals surface area contributed by atoms with E-state index in [-0.39, 0.29) is 18.0 Å². The first-order valence-corrected chi connectivity index (χ1v) is 6.87. The zero-order valence-electron chi connectivity index (χ0n) is 12.6. The topological polar surface area (TPSA) is 118 Å². The molecule has 0 aliphatic rings. The van der Waals surface area contributed by atoms with Gasteiger partial charge >= 0.3 is 5.97 Å². The second-order valence-electron chi connectivity index (χ2n) is 4.87. The fourth-order valence-corrected chi connectivity index (χ4v) is 2.12. The average Bonchev–Trinajstić information content (AvgIpc) is 3.20. The third-order valence-corrected chi connectivity index (χ3v) is 3.28. The first-order valence-electron chi connectivity index (χ1n) is 6.87. The van der Waals surface area contributed by atoms with Crippen molar-refractivity contribution in [2.24, 2.45) is 7.05 Å². The van der Waals surface area contributed by atoms with Crippen molar-refractivity contribution >= 4 is 11.7 Å². The average molecular weight is 328 g/mol. The molecule has 0 N–H and O–H groups in total. The van der Waals surface area contributed by atoms with Gasteiger partial charge in [0.25, 0.3) is 5.69 Å². The van der Waals surface area contributed by atoms with Crippen LogP contribution in [0.3, 0.4) is 0 Å². The summed E-state index contributed by atoms with van der Waals surface area (Å²) in [6, 6.07) is 10.3. The fourth-order valence-electron chi connectivity index (χ4n) is 2.12. The number of aromatic nitrogens is 5. The van der Waals surface area contributed by atoms with E-state index in [1.807, 2.05) is 30.3 Å². The Balaban J connectivity index is 1.74. The maximum absolute atomic E-state index is 12.1. The second-order valence-corrected chi connectivity index (χ2v) is 4.87. The number of benzene rings is 1. The molecule has 24 heavy (non-hydrogen) atoms. The Morgan fingerprint density at radius 3 is 2.75 bits per heavy atom. The summed E-state index contributed by atoms with van der Waals surface area (Å²) >= 11 is 0. The van der Waals surface area contributed by atoms with E-state index in [1.54, 1.807) is 0 Å². The molecule has 2 aromatic heterocycles. The molecule has 0 saturated heterocycles. The minimum atomic E-state index is -0.701. The lowest BCUT2D eigenvalue weighted by Crippen LogP contribution is -2.12. The van der Waals surface area contributed by atoms with E-state index in [0.717, 1.165) is 11.8 Å². The highest BCUT2D eigenvalue weighted by atomic mass is 16.6. The van der Waals surface area contributed by atoms with E-state index < -0.39 is 10.9 Å². The highest BCUT2D eigenvalue weighted by molar-refractivity contribution is 5.88. The molecule has 122 valence electrons. The number of tetrazole rings is 1. The van der Waals surface area contributed by atoms with Gasteiger partial charge < -0.3 is 9.30 Å². The minimum absolute atomic E-state index is 0.0698. The van der Waals surface area contributed by atoms with Crippen LogP contribution in [-0.4, -0.2) is 35.7 Å². The van der Waals surface area contributed by atoms with Gasteiger partial charge in [-0.3, -0.25) is 10.1 Å². The molecule has 0 aliphatic heterocycles. The Bertz CT molecular complexity index is 886. The number of ether oxygens (including phenoxy) is 1. The van der Waals surface area contributed by atoms with Gasteiger partial charge in [0, 0.05) is 13.1 Å². The number of aryl methyl sites for hydroxylation is 1. The Morgan fingerprint density at radius 2 is 2.08 bits per heavy atom. The quantitative estimate of drug-likeness (QED) is 0.393. The van der Waals surface area contributed by atoms with Crippen molar-refractivity contribution < 1.29 is 14.5 Å². The molecule has 0 radical (unpaired) electrons. The van der Waals surface area contributed by atoms with Crippen LogP contribution in [0.25, 0.3) is 5.69 Å². The van der Waals surface area contributed by atoms with Gasteiger partial charge in [0.05, 0.1) is 16.8 Å². The van der Waals surface area contributed by atoms with Crippen LogP contribution >= 0.6 is 0 Å². The van der Waals surface area contributed by atoms with Gasteiger partial charge in [-0.2, -0.15) is 4.68 Å². The van der Waals surface area contributed by atoms with E-state index >= 15 is 0 Å². The summed E-state index contributed by atoms with van der Waals surface area (Å²) in [6.45, 7) is -0.167. The monoisotopic (exact) mass is 328 g/mol. The number of carbonyl (C=O) groups excluding carboxylic acids is 1. The van der Waals surface area contributed by atoms with E-state index in [4.69, 9.17) is 4.74 Å². The number of rotatable bonds is 5. The molecule has 10 nitrogen and oxygen atoms in total. The highest BCUT2D eigenvalue weighted by Crippen LogP contribution is 2.16. The molecule has 0 unspecified atom stereocenters. The molecule has 3 aromatic rings. The molecule has 0 bridgehead atoms.